The topological polar surface area (TPSA) is 99.0 Å². The molecule has 4 aromatic rings. The Bertz CT molecular complexity index is 1440. The molecule has 4 N–H and O–H groups in total. The molecule has 34 heavy (non-hydrogen) atoms. The predicted molar refractivity (Wildman–Crippen MR) is 126 cm³/mol. The van der Waals surface area contributed by atoms with E-state index in [1.165, 1.54) is 17.8 Å². The van der Waals surface area contributed by atoms with E-state index in [4.69, 9.17) is 16.3 Å². The Morgan fingerprint density at radius 3 is 2.41 bits per heavy atom. The number of amides is 2. The molecule has 3 aromatic carbocycles. The lowest BCUT2D eigenvalue weighted by Crippen LogP contribution is -2.20. The highest BCUT2D eigenvalue weighted by atomic mass is 35.5. The van der Waals surface area contributed by atoms with Gasteiger partial charge in [-0.05, 0) is 54.8 Å². The zero-order chi connectivity index (χ0) is 24.5. The van der Waals surface area contributed by atoms with E-state index in [0.717, 1.165) is 12.1 Å². The van der Waals surface area contributed by atoms with Gasteiger partial charge >= 0.3 is 17.9 Å². The summed E-state index contributed by atoms with van der Waals surface area (Å²) in [5, 5.41) is 4.48. The smallest absolute Gasteiger partial charge is 0.417 e. The third-order valence-electron chi connectivity index (χ3n) is 4.68. The fourth-order valence-corrected chi connectivity index (χ4v) is 3.96. The number of hydrogen-bond acceptors (Lipinski definition) is 4. The number of hydrogen-bond donors (Lipinski definition) is 4. The van der Waals surface area contributed by atoms with E-state index in [0.29, 0.717) is 33.1 Å². The molecule has 1 aromatic heterocycles. The van der Waals surface area contributed by atoms with Crippen LogP contribution in [0, 0.1) is 0 Å². The third kappa shape index (κ3) is 5.15. The minimum Gasteiger partial charge on any atom is -0.454 e. The summed E-state index contributed by atoms with van der Waals surface area (Å²) >= 11 is 6.97. The van der Waals surface area contributed by atoms with Crippen molar-refractivity contribution in [2.75, 3.05) is 16.9 Å². The van der Waals surface area contributed by atoms with Gasteiger partial charge in [-0.3, -0.25) is 0 Å². The summed E-state index contributed by atoms with van der Waals surface area (Å²) in [4.78, 5) is 30.0. The van der Waals surface area contributed by atoms with E-state index in [1.54, 1.807) is 36.4 Å². The Balaban J connectivity index is 1.50. The number of urea groups is 1. The van der Waals surface area contributed by atoms with Crippen LogP contribution in [-0.4, -0.2) is 22.3 Å². The first-order chi connectivity index (χ1) is 16.1. The average molecular weight is 509 g/mol. The zero-order valence-electron chi connectivity index (χ0n) is 17.3. The van der Waals surface area contributed by atoms with E-state index in [2.05, 4.69) is 20.6 Å². The van der Waals surface area contributed by atoms with Gasteiger partial charge in [0.2, 0.25) is 0 Å². The largest absolute Gasteiger partial charge is 0.454 e. The number of benzene rings is 3. The van der Waals surface area contributed by atoms with Crippen LogP contribution in [0.25, 0.3) is 11.0 Å². The molecule has 7 nitrogen and oxygen atoms in total. The number of fused-ring (bicyclic) bond motifs is 1. The van der Waals surface area contributed by atoms with Gasteiger partial charge in [0.1, 0.15) is 11.3 Å². The maximum absolute atomic E-state index is 13.0. The van der Waals surface area contributed by atoms with Crippen molar-refractivity contribution in [3.05, 3.63) is 75.7 Å². The molecule has 0 fully saturated rings. The van der Waals surface area contributed by atoms with Gasteiger partial charge in [-0.1, -0.05) is 17.7 Å². The second-order valence-electron chi connectivity index (χ2n) is 7.00. The normalized spacial score (nSPS) is 11.4. The van der Waals surface area contributed by atoms with Crippen LogP contribution in [0.2, 0.25) is 5.02 Å². The molecule has 4 rings (SSSR count). The van der Waals surface area contributed by atoms with Crippen LogP contribution >= 0.6 is 23.4 Å². The highest BCUT2D eigenvalue weighted by molar-refractivity contribution is 7.98. The molecule has 1 heterocycles. The Labute approximate surface area is 199 Å². The molecule has 0 atom stereocenters. The van der Waals surface area contributed by atoms with Crippen LogP contribution in [0.15, 0.2) is 64.3 Å². The number of rotatable bonds is 5. The lowest BCUT2D eigenvalue weighted by Gasteiger charge is -2.14. The summed E-state index contributed by atoms with van der Waals surface area (Å²) in [5.74, 6) is 0.924. The van der Waals surface area contributed by atoms with Crippen LogP contribution in [0.5, 0.6) is 11.5 Å². The SMILES string of the molecule is CSc1cc(NC(=O)Nc2ccc(Cl)c(C(F)(F)F)c2)ccc1Oc1cccc2[nH]c(=O)[nH]c12. The van der Waals surface area contributed by atoms with E-state index in [9.17, 15) is 22.8 Å². The van der Waals surface area contributed by atoms with Gasteiger partial charge in [-0.2, -0.15) is 13.2 Å². The molecular weight excluding hydrogens is 493 g/mol. The van der Waals surface area contributed by atoms with Gasteiger partial charge in [-0.25, -0.2) is 9.59 Å². The number of nitrogens with one attached hydrogen (secondary N) is 4. The van der Waals surface area contributed by atoms with Crippen molar-refractivity contribution in [1.82, 2.24) is 9.97 Å². The van der Waals surface area contributed by atoms with Crippen molar-refractivity contribution < 1.29 is 22.7 Å². The molecule has 0 aliphatic rings. The number of H-pyrrole nitrogens is 2. The monoisotopic (exact) mass is 508 g/mol. The lowest BCUT2D eigenvalue weighted by atomic mass is 10.2. The summed E-state index contributed by atoms with van der Waals surface area (Å²) < 4.78 is 45.1. The minimum absolute atomic E-state index is 0.0622. The Morgan fingerprint density at radius 2 is 1.71 bits per heavy atom. The first-order valence-corrected chi connectivity index (χ1v) is 11.3. The van der Waals surface area contributed by atoms with E-state index >= 15 is 0 Å². The maximum Gasteiger partial charge on any atom is 0.417 e. The summed E-state index contributed by atoms with van der Waals surface area (Å²) in [6, 6.07) is 12.4. The van der Waals surface area contributed by atoms with Crippen molar-refractivity contribution in [3.63, 3.8) is 0 Å². The van der Waals surface area contributed by atoms with Crippen molar-refractivity contribution >= 4 is 51.8 Å². The second kappa shape index (κ2) is 9.35. The second-order valence-corrected chi connectivity index (χ2v) is 8.25. The molecule has 2 amide bonds. The Hall–Kier alpha value is -3.57. The first kappa shape index (κ1) is 23.6. The van der Waals surface area contributed by atoms with Crippen LogP contribution in [0.3, 0.4) is 0 Å². The number of carbonyl (C=O) groups is 1. The molecule has 12 heteroatoms. The van der Waals surface area contributed by atoms with Crippen molar-refractivity contribution in [1.29, 1.82) is 0 Å². The molecule has 0 saturated carbocycles. The van der Waals surface area contributed by atoms with Crippen LogP contribution in [0.1, 0.15) is 5.56 Å². The van der Waals surface area contributed by atoms with E-state index < -0.39 is 22.8 Å². The Morgan fingerprint density at radius 1 is 1.00 bits per heavy atom. The number of aromatic amines is 2. The minimum atomic E-state index is -4.65. The number of thioether (sulfide) groups is 1. The fourth-order valence-electron chi connectivity index (χ4n) is 3.18. The van der Waals surface area contributed by atoms with Crippen LogP contribution in [-0.2, 0) is 6.18 Å². The first-order valence-electron chi connectivity index (χ1n) is 9.65. The quantitative estimate of drug-likeness (QED) is 0.226. The standard InChI is InChI=1S/C22H16ClF3N4O3S/c1-34-18-10-12(28-20(31)27-11-5-7-14(23)13(9-11)22(24,25)26)6-8-16(18)33-17-4-2-3-15-19(17)30-21(32)29-15/h2-10H,1H3,(H2,27,28,31)(H2,29,30,32). The molecule has 176 valence electrons. The van der Waals surface area contributed by atoms with E-state index in [-0.39, 0.29) is 11.4 Å². The van der Waals surface area contributed by atoms with Crippen LogP contribution < -0.4 is 21.1 Å². The molecule has 0 aliphatic heterocycles. The van der Waals surface area contributed by atoms with Gasteiger partial charge in [0, 0.05) is 11.4 Å². The van der Waals surface area contributed by atoms with Crippen molar-refractivity contribution in [2.45, 2.75) is 11.1 Å². The lowest BCUT2D eigenvalue weighted by molar-refractivity contribution is -0.137. The average Bonchev–Trinajstić information content (AvgIpc) is 3.16. The van der Waals surface area contributed by atoms with Crippen molar-refractivity contribution in [2.24, 2.45) is 0 Å². The third-order valence-corrected chi connectivity index (χ3v) is 5.77. The summed E-state index contributed by atoms with van der Waals surface area (Å²) in [5.41, 5.74) is 0.0448. The molecule has 0 radical (unpaired) electrons. The molecule has 0 bridgehead atoms. The molecule has 0 saturated heterocycles. The predicted octanol–water partition coefficient (Wildman–Crippen LogP) is 6.69. The highest BCUT2D eigenvalue weighted by Gasteiger charge is 2.33. The number of halogens is 4. The summed E-state index contributed by atoms with van der Waals surface area (Å²) in [6.07, 6.45) is -2.83. The fraction of sp³-hybridized carbons (Fsp3) is 0.0909. The number of anilines is 2. The highest BCUT2D eigenvalue weighted by Crippen LogP contribution is 2.37. The van der Waals surface area contributed by atoms with Gasteiger partial charge < -0.3 is 25.3 Å². The summed E-state index contributed by atoms with van der Waals surface area (Å²) in [7, 11) is 0. The van der Waals surface area contributed by atoms with Crippen molar-refractivity contribution in [3.8, 4) is 11.5 Å². The maximum atomic E-state index is 13.0. The van der Waals surface area contributed by atoms with Gasteiger partial charge in [0.15, 0.2) is 5.75 Å². The number of para-hydroxylation sites is 1. The summed E-state index contributed by atoms with van der Waals surface area (Å²) in [6.45, 7) is 0. The number of aromatic nitrogens is 2. The van der Waals surface area contributed by atoms with E-state index in [1.807, 2.05) is 6.26 Å². The van der Waals surface area contributed by atoms with Gasteiger partial charge in [0.05, 0.1) is 21.0 Å². The van der Waals surface area contributed by atoms with Gasteiger partial charge in [0.25, 0.3) is 0 Å². The van der Waals surface area contributed by atoms with Gasteiger partial charge in [-0.15, -0.1) is 11.8 Å². The number of ether oxygens (including phenoxy) is 1. The van der Waals surface area contributed by atoms with Crippen LogP contribution in [0.4, 0.5) is 29.3 Å². The molecule has 0 spiro atoms. The number of carbonyl (C=O) groups excluding carboxylic acids is 1. The molecular formula is C22H16ClF3N4O3S. The zero-order valence-corrected chi connectivity index (χ0v) is 18.9. The number of alkyl halides is 3. The molecule has 0 unspecified atom stereocenters. The Kier molecular flexibility index (Phi) is 6.49. The number of imidazole rings is 1. The molecule has 0 aliphatic carbocycles.